The molecule has 2 heteroatoms. The minimum absolute atomic E-state index is 0.539. The summed E-state index contributed by atoms with van der Waals surface area (Å²) in [4.78, 5) is 0. The van der Waals surface area contributed by atoms with E-state index in [9.17, 15) is 0 Å². The van der Waals surface area contributed by atoms with Crippen molar-refractivity contribution in [1.29, 1.82) is 0 Å². The molecule has 0 spiro atoms. The smallest absolute Gasteiger partial charge is 0.0353 e. The van der Waals surface area contributed by atoms with E-state index in [0.717, 1.165) is 5.92 Å². The topological polar surface area (TPSA) is 12.0 Å². The number of hydrogen-bond acceptors (Lipinski definition) is 1. The highest BCUT2D eigenvalue weighted by atomic mass is 79.9. The van der Waals surface area contributed by atoms with Crippen LogP contribution in [0.1, 0.15) is 39.2 Å². The average molecular weight is 284 g/mol. The molecule has 0 bridgehead atoms. The van der Waals surface area contributed by atoms with Crippen LogP contribution < -0.4 is 5.32 Å². The molecule has 0 aliphatic rings. The molecule has 0 aliphatic carbocycles. The van der Waals surface area contributed by atoms with Gasteiger partial charge in [0.05, 0.1) is 0 Å². The zero-order chi connectivity index (χ0) is 12.1. The first kappa shape index (κ1) is 13.6. The molecule has 1 unspecified atom stereocenters. The molecule has 90 valence electrons. The molecule has 0 amide bonds. The third kappa shape index (κ3) is 4.56. The molecule has 1 aromatic carbocycles. The van der Waals surface area contributed by atoms with Crippen LogP contribution in [0.15, 0.2) is 22.7 Å². The number of benzene rings is 1. The van der Waals surface area contributed by atoms with E-state index in [0.29, 0.717) is 6.04 Å². The van der Waals surface area contributed by atoms with Crippen LogP contribution in [0, 0.1) is 12.8 Å². The fourth-order valence-electron chi connectivity index (χ4n) is 1.62. The second-order valence-corrected chi connectivity index (χ2v) is 5.83. The van der Waals surface area contributed by atoms with Crippen molar-refractivity contribution in [2.24, 2.45) is 5.92 Å². The van der Waals surface area contributed by atoms with Gasteiger partial charge in [-0.3, -0.25) is 0 Å². The van der Waals surface area contributed by atoms with Crippen LogP contribution in [0.2, 0.25) is 0 Å². The molecule has 1 aromatic rings. The van der Waals surface area contributed by atoms with Crippen LogP contribution in [-0.2, 0) is 0 Å². The van der Waals surface area contributed by atoms with Crippen LogP contribution in [0.4, 0.5) is 5.69 Å². The third-order valence-electron chi connectivity index (χ3n) is 2.76. The predicted molar refractivity (Wildman–Crippen MR) is 76.0 cm³/mol. The van der Waals surface area contributed by atoms with Gasteiger partial charge in [-0.1, -0.05) is 35.8 Å². The van der Waals surface area contributed by atoms with Crippen LogP contribution in [0.25, 0.3) is 0 Å². The highest BCUT2D eigenvalue weighted by molar-refractivity contribution is 9.10. The van der Waals surface area contributed by atoms with Crippen molar-refractivity contribution < 1.29 is 0 Å². The summed E-state index contributed by atoms with van der Waals surface area (Å²) in [5.41, 5.74) is 2.48. The Kier molecular flexibility index (Phi) is 5.33. The van der Waals surface area contributed by atoms with Crippen LogP contribution >= 0.6 is 15.9 Å². The van der Waals surface area contributed by atoms with Crippen molar-refractivity contribution in [1.82, 2.24) is 0 Å². The van der Waals surface area contributed by atoms with E-state index < -0.39 is 0 Å². The lowest BCUT2D eigenvalue weighted by molar-refractivity contribution is 0.528. The number of aryl methyl sites for hydroxylation is 1. The maximum absolute atomic E-state index is 3.56. The van der Waals surface area contributed by atoms with E-state index in [1.807, 2.05) is 0 Å². The second kappa shape index (κ2) is 6.29. The number of anilines is 1. The largest absolute Gasteiger partial charge is 0.383 e. The Morgan fingerprint density at radius 1 is 1.19 bits per heavy atom. The van der Waals surface area contributed by atoms with Gasteiger partial charge >= 0.3 is 0 Å². The first-order valence-corrected chi connectivity index (χ1v) is 6.81. The van der Waals surface area contributed by atoms with Crippen LogP contribution in [0.5, 0.6) is 0 Å². The van der Waals surface area contributed by atoms with Gasteiger partial charge < -0.3 is 5.32 Å². The Balaban J connectivity index is 2.49. The number of nitrogens with one attached hydrogen (secondary N) is 1. The molecule has 0 radical (unpaired) electrons. The van der Waals surface area contributed by atoms with E-state index in [1.165, 1.54) is 28.6 Å². The molecule has 1 nitrogen and oxygen atoms in total. The molecule has 16 heavy (non-hydrogen) atoms. The summed E-state index contributed by atoms with van der Waals surface area (Å²) in [5, 5.41) is 3.54. The summed E-state index contributed by atoms with van der Waals surface area (Å²) in [6, 6.07) is 6.98. The van der Waals surface area contributed by atoms with Crippen molar-refractivity contribution >= 4 is 21.6 Å². The summed E-state index contributed by atoms with van der Waals surface area (Å²) in [5.74, 6) is 0.786. The van der Waals surface area contributed by atoms with Gasteiger partial charge in [0.15, 0.2) is 0 Å². The minimum atomic E-state index is 0.539. The zero-order valence-electron chi connectivity index (χ0n) is 10.7. The standard InChI is InChI=1S/C14H22BrN/c1-10(2)5-7-12(4)16-13-8-6-11(3)14(15)9-13/h6,8-10,12,16H,5,7H2,1-4H3. The normalized spacial score (nSPS) is 12.9. The summed E-state index contributed by atoms with van der Waals surface area (Å²) in [6.45, 7) is 8.90. The Labute approximate surface area is 108 Å². The lowest BCUT2D eigenvalue weighted by atomic mass is 10.0. The fourth-order valence-corrected chi connectivity index (χ4v) is 2.00. The second-order valence-electron chi connectivity index (χ2n) is 4.98. The van der Waals surface area contributed by atoms with Crippen molar-refractivity contribution in [2.45, 2.75) is 46.6 Å². The quantitative estimate of drug-likeness (QED) is 0.802. The zero-order valence-corrected chi connectivity index (χ0v) is 12.3. The molecule has 1 rings (SSSR count). The van der Waals surface area contributed by atoms with E-state index in [2.05, 4.69) is 67.1 Å². The van der Waals surface area contributed by atoms with Crippen molar-refractivity contribution in [2.75, 3.05) is 5.32 Å². The van der Waals surface area contributed by atoms with Crippen LogP contribution in [-0.4, -0.2) is 6.04 Å². The predicted octanol–water partition coefficient (Wildman–Crippen LogP) is 4.99. The van der Waals surface area contributed by atoms with Gasteiger partial charge in [-0.15, -0.1) is 0 Å². The molecule has 0 saturated carbocycles. The van der Waals surface area contributed by atoms with E-state index >= 15 is 0 Å². The van der Waals surface area contributed by atoms with Gasteiger partial charge in [0.25, 0.3) is 0 Å². The molecular formula is C14H22BrN. The van der Waals surface area contributed by atoms with Gasteiger partial charge in [-0.2, -0.15) is 0 Å². The van der Waals surface area contributed by atoms with Crippen molar-refractivity contribution in [3.8, 4) is 0 Å². The monoisotopic (exact) mass is 283 g/mol. The first-order chi connectivity index (χ1) is 7.49. The van der Waals surface area contributed by atoms with E-state index in [1.54, 1.807) is 0 Å². The lowest BCUT2D eigenvalue weighted by Crippen LogP contribution is -2.15. The summed E-state index contributed by atoms with van der Waals surface area (Å²) in [7, 11) is 0. The van der Waals surface area contributed by atoms with Gasteiger partial charge in [-0.05, 0) is 50.3 Å². The highest BCUT2D eigenvalue weighted by Crippen LogP contribution is 2.21. The fraction of sp³-hybridized carbons (Fsp3) is 0.571. The van der Waals surface area contributed by atoms with Crippen molar-refractivity contribution in [3.63, 3.8) is 0 Å². The van der Waals surface area contributed by atoms with Crippen LogP contribution in [0.3, 0.4) is 0 Å². The molecule has 0 heterocycles. The van der Waals surface area contributed by atoms with Gasteiger partial charge in [0, 0.05) is 16.2 Å². The van der Waals surface area contributed by atoms with E-state index in [-0.39, 0.29) is 0 Å². The lowest BCUT2D eigenvalue weighted by Gasteiger charge is -2.16. The Hall–Kier alpha value is -0.500. The number of hydrogen-bond donors (Lipinski definition) is 1. The van der Waals surface area contributed by atoms with E-state index in [4.69, 9.17) is 0 Å². The maximum atomic E-state index is 3.56. The summed E-state index contributed by atoms with van der Waals surface area (Å²) in [6.07, 6.45) is 2.50. The summed E-state index contributed by atoms with van der Waals surface area (Å²) < 4.78 is 1.17. The van der Waals surface area contributed by atoms with Gasteiger partial charge in [-0.25, -0.2) is 0 Å². The Morgan fingerprint density at radius 3 is 2.44 bits per heavy atom. The number of halogens is 1. The molecule has 1 atom stereocenters. The Morgan fingerprint density at radius 2 is 1.88 bits per heavy atom. The molecular weight excluding hydrogens is 262 g/mol. The maximum Gasteiger partial charge on any atom is 0.0353 e. The SMILES string of the molecule is Cc1ccc(NC(C)CCC(C)C)cc1Br. The summed E-state index contributed by atoms with van der Waals surface area (Å²) >= 11 is 3.56. The minimum Gasteiger partial charge on any atom is -0.383 e. The first-order valence-electron chi connectivity index (χ1n) is 6.01. The van der Waals surface area contributed by atoms with Crippen molar-refractivity contribution in [3.05, 3.63) is 28.2 Å². The highest BCUT2D eigenvalue weighted by Gasteiger charge is 2.04. The van der Waals surface area contributed by atoms with Gasteiger partial charge in [0.2, 0.25) is 0 Å². The average Bonchev–Trinajstić information content (AvgIpc) is 2.21. The third-order valence-corrected chi connectivity index (χ3v) is 3.62. The number of rotatable bonds is 5. The van der Waals surface area contributed by atoms with Gasteiger partial charge in [0.1, 0.15) is 0 Å². The molecule has 0 saturated heterocycles. The Bertz CT molecular complexity index is 334. The molecule has 0 fully saturated rings. The molecule has 1 N–H and O–H groups in total. The molecule has 0 aliphatic heterocycles. The molecule has 0 aromatic heterocycles.